The number of carbonyl (C=O) groups is 1. The molecule has 0 spiro atoms. The van der Waals surface area contributed by atoms with Crippen molar-refractivity contribution in [3.8, 4) is 0 Å². The van der Waals surface area contributed by atoms with Crippen molar-refractivity contribution in [1.29, 1.82) is 0 Å². The molecule has 0 aromatic heterocycles. The average molecular weight is 177 g/mol. The van der Waals surface area contributed by atoms with Crippen molar-refractivity contribution in [2.45, 2.75) is 19.8 Å². The van der Waals surface area contributed by atoms with Gasteiger partial charge in [-0.05, 0) is 6.42 Å². The molecule has 12 heavy (non-hydrogen) atoms. The number of hydroxylamine groups is 1. The molecule has 0 radical (unpaired) electrons. The van der Waals surface area contributed by atoms with E-state index in [4.69, 9.17) is 9.84 Å². The number of unbranched alkanes of at least 4 members (excludes halogenated alkanes) is 1. The lowest BCUT2D eigenvalue weighted by molar-refractivity contribution is 0.000677. The molecule has 0 saturated carbocycles. The molecule has 0 aliphatic heterocycles. The van der Waals surface area contributed by atoms with E-state index in [0.29, 0.717) is 13.2 Å². The maximum Gasteiger partial charge on any atom is 0.428 e. The summed E-state index contributed by atoms with van der Waals surface area (Å²) in [6.45, 7) is 3.44. The number of ether oxygens (including phenoxy) is 1. The lowest BCUT2D eigenvalue weighted by atomic mass is 10.4. The maximum absolute atomic E-state index is 9.86. The van der Waals surface area contributed by atoms with E-state index in [9.17, 15) is 4.79 Å². The van der Waals surface area contributed by atoms with Gasteiger partial charge in [0, 0.05) is 6.61 Å². The molecule has 5 heteroatoms. The van der Waals surface area contributed by atoms with Gasteiger partial charge in [0.25, 0.3) is 0 Å². The zero-order valence-corrected chi connectivity index (χ0v) is 7.21. The number of hydrogen-bond donors (Lipinski definition) is 2. The van der Waals surface area contributed by atoms with Crippen molar-refractivity contribution in [2.75, 3.05) is 19.8 Å². The number of nitrogens with one attached hydrogen (secondary N) is 1. The topological polar surface area (TPSA) is 67.8 Å². The molecule has 0 bridgehead atoms. The van der Waals surface area contributed by atoms with E-state index in [-0.39, 0.29) is 6.61 Å². The van der Waals surface area contributed by atoms with Crippen molar-refractivity contribution in [3.63, 3.8) is 0 Å². The third-order valence-electron chi connectivity index (χ3n) is 1.13. The molecule has 0 fully saturated rings. The van der Waals surface area contributed by atoms with Crippen LogP contribution in [0.15, 0.2) is 0 Å². The highest BCUT2D eigenvalue weighted by Gasteiger charge is 1.92. The monoisotopic (exact) mass is 177 g/mol. The second-order valence-electron chi connectivity index (χ2n) is 2.22. The minimum absolute atomic E-state index is 0.246. The van der Waals surface area contributed by atoms with Crippen LogP contribution in [-0.2, 0) is 9.57 Å². The standard InChI is InChI=1S/C7H15NO4/c1-2-3-4-11-5-6-12-8-7(9)10/h8H,2-6H2,1H3,(H,9,10). The molecular formula is C7H15NO4. The zero-order chi connectivity index (χ0) is 9.23. The predicted octanol–water partition coefficient (Wildman–Crippen LogP) is 1.00. The molecular weight excluding hydrogens is 162 g/mol. The zero-order valence-electron chi connectivity index (χ0n) is 7.21. The normalized spacial score (nSPS) is 9.75. The van der Waals surface area contributed by atoms with Gasteiger partial charge in [0.15, 0.2) is 0 Å². The fraction of sp³-hybridized carbons (Fsp3) is 0.857. The summed E-state index contributed by atoms with van der Waals surface area (Å²) in [6, 6.07) is 0. The largest absolute Gasteiger partial charge is 0.464 e. The van der Waals surface area contributed by atoms with Crippen LogP contribution in [0.3, 0.4) is 0 Å². The van der Waals surface area contributed by atoms with Crippen molar-refractivity contribution in [3.05, 3.63) is 0 Å². The summed E-state index contributed by atoms with van der Waals surface area (Å²) in [6.07, 6.45) is 0.921. The van der Waals surface area contributed by atoms with Crippen molar-refractivity contribution < 1.29 is 19.5 Å². The molecule has 2 N–H and O–H groups in total. The molecule has 1 amide bonds. The second-order valence-corrected chi connectivity index (χ2v) is 2.22. The van der Waals surface area contributed by atoms with Crippen LogP contribution in [0.2, 0.25) is 0 Å². The first-order valence-electron chi connectivity index (χ1n) is 3.95. The van der Waals surface area contributed by atoms with Crippen LogP contribution >= 0.6 is 0 Å². The van der Waals surface area contributed by atoms with Gasteiger partial charge in [-0.3, -0.25) is 4.84 Å². The van der Waals surface area contributed by atoms with Crippen LogP contribution in [0, 0.1) is 0 Å². The fourth-order valence-electron chi connectivity index (χ4n) is 0.562. The maximum atomic E-state index is 9.86. The smallest absolute Gasteiger partial charge is 0.428 e. The predicted molar refractivity (Wildman–Crippen MR) is 42.8 cm³/mol. The van der Waals surface area contributed by atoms with Crippen LogP contribution in [0.5, 0.6) is 0 Å². The average Bonchev–Trinajstić information content (AvgIpc) is 2.02. The summed E-state index contributed by atoms with van der Waals surface area (Å²) in [5.41, 5.74) is 1.77. The first-order valence-corrected chi connectivity index (χ1v) is 3.95. The van der Waals surface area contributed by atoms with E-state index in [1.54, 1.807) is 5.48 Å². The second kappa shape index (κ2) is 8.29. The Morgan fingerprint density at radius 1 is 1.42 bits per heavy atom. The van der Waals surface area contributed by atoms with E-state index in [0.717, 1.165) is 12.8 Å². The van der Waals surface area contributed by atoms with Gasteiger partial charge < -0.3 is 9.84 Å². The Balaban J connectivity index is 2.86. The molecule has 0 aliphatic carbocycles. The molecule has 72 valence electrons. The molecule has 0 heterocycles. The molecule has 0 unspecified atom stereocenters. The molecule has 0 atom stereocenters. The molecule has 0 rings (SSSR count). The first-order chi connectivity index (χ1) is 5.77. The summed E-state index contributed by atoms with van der Waals surface area (Å²) < 4.78 is 5.10. The van der Waals surface area contributed by atoms with E-state index in [1.165, 1.54) is 0 Å². The highest BCUT2D eigenvalue weighted by molar-refractivity contribution is 5.62. The summed E-state index contributed by atoms with van der Waals surface area (Å²) >= 11 is 0. The number of hydrogen-bond acceptors (Lipinski definition) is 3. The molecule has 0 aromatic rings. The van der Waals surface area contributed by atoms with Crippen molar-refractivity contribution in [2.24, 2.45) is 0 Å². The quantitative estimate of drug-likeness (QED) is 0.449. The summed E-state index contributed by atoms with van der Waals surface area (Å²) in [7, 11) is 0. The van der Waals surface area contributed by atoms with Gasteiger partial charge in [0.2, 0.25) is 0 Å². The summed E-state index contributed by atoms with van der Waals surface area (Å²) in [5.74, 6) is 0. The minimum Gasteiger partial charge on any atom is -0.464 e. The third-order valence-corrected chi connectivity index (χ3v) is 1.13. The summed E-state index contributed by atoms with van der Waals surface area (Å²) in [4.78, 5) is 14.4. The number of rotatable bonds is 7. The van der Waals surface area contributed by atoms with E-state index >= 15 is 0 Å². The third kappa shape index (κ3) is 9.19. The minimum atomic E-state index is -1.19. The van der Waals surface area contributed by atoms with E-state index < -0.39 is 6.09 Å². The van der Waals surface area contributed by atoms with Gasteiger partial charge in [-0.2, -0.15) is 5.48 Å². The number of carboxylic acid groups (broad SMARTS) is 1. The summed E-state index contributed by atoms with van der Waals surface area (Å²) in [5, 5.41) is 8.08. The van der Waals surface area contributed by atoms with Gasteiger partial charge in [0.05, 0.1) is 13.2 Å². The lowest BCUT2D eigenvalue weighted by Crippen LogP contribution is -2.23. The first kappa shape index (κ1) is 11.2. The van der Waals surface area contributed by atoms with Crippen LogP contribution in [-0.4, -0.2) is 31.0 Å². The number of amides is 1. The highest BCUT2D eigenvalue weighted by Crippen LogP contribution is 1.86. The Hall–Kier alpha value is -0.810. The van der Waals surface area contributed by atoms with E-state index in [1.807, 2.05) is 0 Å². The molecule has 5 nitrogen and oxygen atoms in total. The van der Waals surface area contributed by atoms with Gasteiger partial charge in [-0.15, -0.1) is 0 Å². The van der Waals surface area contributed by atoms with Gasteiger partial charge in [-0.25, -0.2) is 4.79 Å². The van der Waals surface area contributed by atoms with Crippen molar-refractivity contribution >= 4 is 6.09 Å². The molecule has 0 saturated heterocycles. The van der Waals surface area contributed by atoms with Gasteiger partial charge in [0.1, 0.15) is 0 Å². The van der Waals surface area contributed by atoms with Crippen molar-refractivity contribution in [1.82, 2.24) is 5.48 Å². The van der Waals surface area contributed by atoms with E-state index in [2.05, 4.69) is 11.8 Å². The lowest BCUT2D eigenvalue weighted by Gasteiger charge is -2.03. The molecule has 0 aromatic carbocycles. The molecule has 0 aliphatic rings. The van der Waals surface area contributed by atoms with Crippen LogP contribution in [0.1, 0.15) is 19.8 Å². The fourth-order valence-corrected chi connectivity index (χ4v) is 0.562. The van der Waals surface area contributed by atoms with Crippen LogP contribution in [0.25, 0.3) is 0 Å². The van der Waals surface area contributed by atoms with Crippen LogP contribution in [0.4, 0.5) is 4.79 Å². The Labute approximate surface area is 71.6 Å². The van der Waals surface area contributed by atoms with Gasteiger partial charge in [-0.1, -0.05) is 13.3 Å². The Kier molecular flexibility index (Phi) is 7.73. The Morgan fingerprint density at radius 3 is 2.75 bits per heavy atom. The highest BCUT2D eigenvalue weighted by atomic mass is 16.7. The SMILES string of the molecule is CCCCOCCONC(=O)O. The Morgan fingerprint density at radius 2 is 2.17 bits per heavy atom. The Bertz CT molecular complexity index is 118. The van der Waals surface area contributed by atoms with Crippen LogP contribution < -0.4 is 5.48 Å². The van der Waals surface area contributed by atoms with Gasteiger partial charge >= 0.3 is 6.09 Å².